The number of nitrogen functional groups attached to an aromatic ring is 1. The van der Waals surface area contributed by atoms with Crippen LogP contribution < -0.4 is 10.6 Å². The molecule has 0 aromatic heterocycles. The van der Waals surface area contributed by atoms with E-state index in [1.807, 2.05) is 18.2 Å². The van der Waals surface area contributed by atoms with Crippen molar-refractivity contribution in [3.8, 4) is 0 Å². The number of carbonyl (C=O) groups excluding carboxylic acids is 1. The highest BCUT2D eigenvalue weighted by Gasteiger charge is 2.22. The van der Waals surface area contributed by atoms with Crippen molar-refractivity contribution in [2.45, 2.75) is 12.8 Å². The fraction of sp³-hybridized carbons (Fsp3) is 0.500. The summed E-state index contributed by atoms with van der Waals surface area (Å²) < 4.78 is 10.2. The lowest BCUT2D eigenvalue weighted by atomic mass is 10.0. The molecule has 1 amide bonds. The van der Waals surface area contributed by atoms with Crippen molar-refractivity contribution in [1.29, 1.82) is 0 Å². The zero-order valence-electron chi connectivity index (χ0n) is 11.2. The summed E-state index contributed by atoms with van der Waals surface area (Å²) in [4.78, 5) is 13.9. The molecule has 5 nitrogen and oxygen atoms in total. The summed E-state index contributed by atoms with van der Waals surface area (Å²) in [6.07, 6.45) is 1.93. The quantitative estimate of drug-likeness (QED) is 0.641. The number of ether oxygens (including phenoxy) is 2. The van der Waals surface area contributed by atoms with Gasteiger partial charge in [-0.05, 0) is 36.6 Å². The molecule has 0 saturated heterocycles. The Morgan fingerprint density at radius 2 is 2.26 bits per heavy atom. The molecule has 0 radical (unpaired) electrons. The molecule has 1 aromatic carbocycles. The number of hydrogen-bond donors (Lipinski definition) is 1. The van der Waals surface area contributed by atoms with Gasteiger partial charge in [0.15, 0.2) is 0 Å². The molecule has 0 spiro atoms. The van der Waals surface area contributed by atoms with E-state index in [0.29, 0.717) is 13.2 Å². The Morgan fingerprint density at radius 1 is 1.42 bits per heavy atom. The average molecular weight is 264 g/mol. The number of rotatable bonds is 5. The number of methoxy groups -OCH3 is 1. The normalized spacial score (nSPS) is 14.3. The molecule has 0 unspecified atom stereocenters. The van der Waals surface area contributed by atoms with Gasteiger partial charge in [0.1, 0.15) is 6.61 Å². The van der Waals surface area contributed by atoms with Gasteiger partial charge in [0.05, 0.1) is 13.2 Å². The zero-order valence-corrected chi connectivity index (χ0v) is 11.2. The van der Waals surface area contributed by atoms with E-state index < -0.39 is 0 Å². The van der Waals surface area contributed by atoms with Crippen LogP contribution in [0, 0.1) is 0 Å². The maximum Gasteiger partial charge on any atom is 0.252 e. The molecule has 19 heavy (non-hydrogen) atoms. The molecule has 0 aliphatic carbocycles. The molecule has 1 aromatic rings. The number of carbonyl (C=O) groups is 1. The van der Waals surface area contributed by atoms with Crippen LogP contribution in [0.2, 0.25) is 0 Å². The summed E-state index contributed by atoms with van der Waals surface area (Å²) in [5.41, 5.74) is 8.61. The SMILES string of the molecule is COCCOCC(=O)N1CCCc2cc(N)ccc21. The van der Waals surface area contributed by atoms with Gasteiger partial charge in [0.25, 0.3) is 5.91 Å². The lowest BCUT2D eigenvalue weighted by Crippen LogP contribution is -2.38. The molecule has 2 N–H and O–H groups in total. The van der Waals surface area contributed by atoms with Crippen LogP contribution in [-0.2, 0) is 20.7 Å². The van der Waals surface area contributed by atoms with Crippen molar-refractivity contribution in [3.63, 3.8) is 0 Å². The molecular weight excluding hydrogens is 244 g/mol. The van der Waals surface area contributed by atoms with Crippen LogP contribution in [0.25, 0.3) is 0 Å². The predicted octanol–water partition coefficient (Wildman–Crippen LogP) is 1.21. The minimum Gasteiger partial charge on any atom is -0.399 e. The fourth-order valence-electron chi connectivity index (χ4n) is 2.26. The molecule has 1 heterocycles. The van der Waals surface area contributed by atoms with Crippen molar-refractivity contribution < 1.29 is 14.3 Å². The van der Waals surface area contributed by atoms with E-state index in [-0.39, 0.29) is 12.5 Å². The summed E-state index contributed by atoms with van der Waals surface area (Å²) >= 11 is 0. The summed E-state index contributed by atoms with van der Waals surface area (Å²) in [7, 11) is 1.61. The predicted molar refractivity (Wildman–Crippen MR) is 74.2 cm³/mol. The molecule has 1 aliphatic rings. The Kier molecular flexibility index (Phi) is 4.76. The van der Waals surface area contributed by atoms with Gasteiger partial charge in [-0.15, -0.1) is 0 Å². The summed E-state index contributed by atoms with van der Waals surface area (Å²) in [5.74, 6) is -0.0122. The van der Waals surface area contributed by atoms with Crippen molar-refractivity contribution in [2.24, 2.45) is 0 Å². The molecular formula is C14H20N2O3. The molecule has 5 heteroatoms. The second-order valence-corrected chi connectivity index (χ2v) is 4.58. The first-order valence-corrected chi connectivity index (χ1v) is 6.48. The Morgan fingerprint density at radius 3 is 3.05 bits per heavy atom. The standard InChI is InChI=1S/C14H20N2O3/c1-18-7-8-19-10-14(17)16-6-2-3-11-9-12(15)4-5-13(11)16/h4-5,9H,2-3,6-8,10,15H2,1H3. The van der Waals surface area contributed by atoms with E-state index in [1.165, 1.54) is 0 Å². The number of hydrogen-bond acceptors (Lipinski definition) is 4. The summed E-state index contributed by atoms with van der Waals surface area (Å²) in [5, 5.41) is 0. The maximum absolute atomic E-state index is 12.1. The molecule has 0 bridgehead atoms. The molecule has 0 saturated carbocycles. The van der Waals surface area contributed by atoms with Gasteiger partial charge in [-0.2, -0.15) is 0 Å². The van der Waals surface area contributed by atoms with Gasteiger partial charge in [0, 0.05) is 25.0 Å². The third kappa shape index (κ3) is 3.45. The van der Waals surface area contributed by atoms with Gasteiger partial charge in [0.2, 0.25) is 0 Å². The third-order valence-electron chi connectivity index (χ3n) is 3.18. The van der Waals surface area contributed by atoms with Crippen LogP contribution in [-0.4, -0.2) is 39.4 Å². The molecule has 2 rings (SSSR count). The number of nitrogens with zero attached hydrogens (tertiary/aromatic N) is 1. The minimum absolute atomic E-state index is 0.0122. The number of amides is 1. The highest BCUT2D eigenvalue weighted by atomic mass is 16.5. The number of aryl methyl sites for hydroxylation is 1. The molecule has 0 fully saturated rings. The number of anilines is 2. The van der Waals surface area contributed by atoms with Gasteiger partial charge in [-0.3, -0.25) is 4.79 Å². The van der Waals surface area contributed by atoms with E-state index in [9.17, 15) is 4.79 Å². The van der Waals surface area contributed by atoms with Gasteiger partial charge >= 0.3 is 0 Å². The monoisotopic (exact) mass is 264 g/mol. The zero-order chi connectivity index (χ0) is 13.7. The number of nitrogens with two attached hydrogens (primary N) is 1. The number of fused-ring (bicyclic) bond motifs is 1. The summed E-state index contributed by atoms with van der Waals surface area (Å²) in [6.45, 7) is 1.77. The van der Waals surface area contributed by atoms with Crippen molar-refractivity contribution in [2.75, 3.05) is 44.1 Å². The van der Waals surface area contributed by atoms with Gasteiger partial charge < -0.3 is 20.1 Å². The van der Waals surface area contributed by atoms with Gasteiger partial charge in [-0.1, -0.05) is 0 Å². The van der Waals surface area contributed by atoms with Crippen LogP contribution in [0.4, 0.5) is 11.4 Å². The highest BCUT2D eigenvalue weighted by Crippen LogP contribution is 2.28. The lowest BCUT2D eigenvalue weighted by molar-refractivity contribution is -0.123. The Balaban J connectivity index is 2.00. The van der Waals surface area contributed by atoms with Crippen molar-refractivity contribution in [3.05, 3.63) is 23.8 Å². The highest BCUT2D eigenvalue weighted by molar-refractivity contribution is 5.95. The first-order valence-electron chi connectivity index (χ1n) is 6.48. The maximum atomic E-state index is 12.1. The third-order valence-corrected chi connectivity index (χ3v) is 3.18. The van der Waals surface area contributed by atoms with Crippen LogP contribution >= 0.6 is 0 Å². The topological polar surface area (TPSA) is 64.8 Å². The van der Waals surface area contributed by atoms with Crippen molar-refractivity contribution in [1.82, 2.24) is 0 Å². The van der Waals surface area contributed by atoms with Crippen LogP contribution in [0.1, 0.15) is 12.0 Å². The Bertz CT molecular complexity index is 448. The first-order chi connectivity index (χ1) is 9.22. The van der Waals surface area contributed by atoms with Crippen LogP contribution in [0.15, 0.2) is 18.2 Å². The molecule has 0 atom stereocenters. The average Bonchev–Trinajstić information content (AvgIpc) is 2.42. The number of benzene rings is 1. The molecule has 1 aliphatic heterocycles. The van der Waals surface area contributed by atoms with E-state index in [2.05, 4.69) is 0 Å². The summed E-state index contributed by atoms with van der Waals surface area (Å²) in [6, 6.07) is 5.69. The van der Waals surface area contributed by atoms with E-state index in [1.54, 1.807) is 12.0 Å². The van der Waals surface area contributed by atoms with Crippen LogP contribution in [0.3, 0.4) is 0 Å². The molecule has 104 valence electrons. The smallest absolute Gasteiger partial charge is 0.252 e. The van der Waals surface area contributed by atoms with E-state index >= 15 is 0 Å². The second-order valence-electron chi connectivity index (χ2n) is 4.58. The first kappa shape index (κ1) is 13.8. The Labute approximate surface area is 113 Å². The van der Waals surface area contributed by atoms with Crippen molar-refractivity contribution >= 4 is 17.3 Å². The van der Waals surface area contributed by atoms with Crippen LogP contribution in [0.5, 0.6) is 0 Å². The van der Waals surface area contributed by atoms with E-state index in [0.717, 1.165) is 36.3 Å². The Hall–Kier alpha value is -1.59. The minimum atomic E-state index is -0.0122. The fourth-order valence-corrected chi connectivity index (χ4v) is 2.26. The second kappa shape index (κ2) is 6.54. The lowest BCUT2D eigenvalue weighted by Gasteiger charge is -2.29. The van der Waals surface area contributed by atoms with Gasteiger partial charge in [-0.25, -0.2) is 0 Å². The van der Waals surface area contributed by atoms with E-state index in [4.69, 9.17) is 15.2 Å². The largest absolute Gasteiger partial charge is 0.399 e.